The fraction of sp³-hybridized carbons (Fsp3) is 0.386. The molecule has 5 atom stereocenters. The molecule has 0 saturated carbocycles. The summed E-state index contributed by atoms with van der Waals surface area (Å²) in [6.07, 6.45) is -0.255. The van der Waals surface area contributed by atoms with Gasteiger partial charge >= 0.3 is 0 Å². The van der Waals surface area contributed by atoms with Crippen molar-refractivity contribution in [2.45, 2.75) is 69.2 Å². The number of aliphatic hydroxyl groups is 1. The van der Waals surface area contributed by atoms with Crippen LogP contribution in [0.25, 0.3) is 0 Å². The maximum absolute atomic E-state index is 15.4. The first-order valence-electron chi connectivity index (χ1n) is 19.9. The van der Waals surface area contributed by atoms with Gasteiger partial charge in [-0.15, -0.1) is 0 Å². The molecule has 0 bridgehead atoms. The normalized spacial score (nSPS) is 24.3. The van der Waals surface area contributed by atoms with Gasteiger partial charge in [-0.25, -0.2) is 0 Å². The summed E-state index contributed by atoms with van der Waals surface area (Å²) in [5, 5.41) is 27.0. The van der Waals surface area contributed by atoms with Gasteiger partial charge in [0, 0.05) is 48.9 Å². The van der Waals surface area contributed by atoms with Crippen LogP contribution in [-0.4, -0.2) is 86.2 Å². The average molecular weight is 804 g/mol. The van der Waals surface area contributed by atoms with E-state index in [9.17, 15) is 24.8 Å². The second-order valence-electron chi connectivity index (χ2n) is 16.4. The van der Waals surface area contributed by atoms with Gasteiger partial charge < -0.3 is 34.6 Å². The molecule has 14 heteroatoms. The molecule has 2 N–H and O–H groups in total. The lowest BCUT2D eigenvalue weighted by molar-refractivity contribution is -0.385. The number of hydrogen-bond donors (Lipinski definition) is 2. The van der Waals surface area contributed by atoms with Crippen molar-refractivity contribution in [1.82, 2.24) is 10.2 Å². The van der Waals surface area contributed by atoms with Crippen LogP contribution < -0.4 is 25.0 Å². The highest BCUT2D eigenvalue weighted by molar-refractivity contribution is 6.91. The quantitative estimate of drug-likeness (QED) is 0.133. The second kappa shape index (κ2) is 15.4. The minimum absolute atomic E-state index is 0.0414. The van der Waals surface area contributed by atoms with E-state index in [1.165, 1.54) is 12.1 Å². The number of non-ortho nitro benzene ring substituents is 1. The standard InChI is InChI=1S/C44H49N5O8Si/c1-28-42(58(3,4)36-15-13-35(56-2)14-16-36)39(23-40(51)47-26-31-10-6-5-9-30(31)21-34(47)27-50)57-44(28)37-22-33(49(54)55)12-17-38(37)48(43(44)53)25-29-8-7-11-32(20-29)46-19-18-45-24-41(46)52/h5-17,20,22,28,34,39,42,45,50H,18-19,21,23-27H2,1-4H3/t28-,34-,39+,42-,44+/m0/s1. The van der Waals surface area contributed by atoms with Crippen molar-refractivity contribution >= 4 is 48.0 Å². The minimum Gasteiger partial charge on any atom is -0.497 e. The molecule has 4 heterocycles. The fourth-order valence-corrected chi connectivity index (χ4v) is 14.0. The van der Waals surface area contributed by atoms with Crippen molar-refractivity contribution < 1.29 is 33.9 Å². The third-order valence-corrected chi connectivity index (χ3v) is 17.3. The summed E-state index contributed by atoms with van der Waals surface area (Å²) in [6.45, 7) is 8.13. The maximum Gasteiger partial charge on any atom is 0.269 e. The first-order chi connectivity index (χ1) is 27.9. The van der Waals surface area contributed by atoms with Crippen molar-refractivity contribution in [2.24, 2.45) is 5.92 Å². The molecule has 0 radical (unpaired) electrons. The Kier molecular flexibility index (Phi) is 10.5. The Balaban J connectivity index is 1.20. The fourth-order valence-electron chi connectivity index (χ4n) is 9.99. The number of methoxy groups -OCH3 is 1. The molecule has 4 aliphatic heterocycles. The third-order valence-electron chi connectivity index (χ3n) is 12.9. The topological polar surface area (TPSA) is 155 Å². The number of ether oxygens (including phenoxy) is 2. The van der Waals surface area contributed by atoms with Crippen LogP contribution in [0, 0.1) is 16.0 Å². The Morgan fingerprint density at radius 2 is 1.79 bits per heavy atom. The molecule has 302 valence electrons. The number of carbonyl (C=O) groups excluding carboxylic acids is 3. The predicted molar refractivity (Wildman–Crippen MR) is 222 cm³/mol. The molecular formula is C44H49N5O8Si. The van der Waals surface area contributed by atoms with E-state index in [1.54, 1.807) is 27.9 Å². The molecule has 0 aromatic heterocycles. The number of nitrogens with zero attached hydrogens (tertiary/aromatic N) is 4. The Bertz CT molecular complexity index is 2270. The lowest BCUT2D eigenvalue weighted by Gasteiger charge is -2.39. The van der Waals surface area contributed by atoms with Gasteiger partial charge in [-0.3, -0.25) is 24.5 Å². The molecule has 1 spiro atoms. The minimum atomic E-state index is -2.66. The van der Waals surface area contributed by atoms with Gasteiger partial charge in [0.25, 0.3) is 11.6 Å². The molecule has 13 nitrogen and oxygen atoms in total. The Morgan fingerprint density at radius 3 is 2.50 bits per heavy atom. The Hall–Kier alpha value is -5.41. The third kappa shape index (κ3) is 6.67. The zero-order chi connectivity index (χ0) is 40.9. The molecule has 3 amide bonds. The van der Waals surface area contributed by atoms with E-state index in [4.69, 9.17) is 9.47 Å². The SMILES string of the molecule is COc1ccc([Si](C)(C)[C@@H]2[C@@H](CC(=O)N3Cc4ccccc4C[C@H]3CO)O[C@]3(C(=O)N(Cc4cccc(N5CCNCC5=O)c4)c4ccc([N+](=O)[O-])cc43)[C@H]2C)cc1. The number of rotatable bonds is 10. The number of carbonyl (C=O) groups is 3. The zero-order valence-electron chi connectivity index (χ0n) is 33.2. The molecular weight excluding hydrogens is 755 g/mol. The van der Waals surface area contributed by atoms with E-state index in [2.05, 4.69) is 18.4 Å². The molecule has 4 aliphatic rings. The summed E-state index contributed by atoms with van der Waals surface area (Å²) in [4.78, 5) is 59.8. The van der Waals surface area contributed by atoms with Crippen LogP contribution in [-0.2, 0) is 44.2 Å². The Morgan fingerprint density at radius 1 is 1.03 bits per heavy atom. The summed E-state index contributed by atoms with van der Waals surface area (Å²) in [5.41, 5.74) is 2.45. The van der Waals surface area contributed by atoms with E-state index in [0.29, 0.717) is 43.1 Å². The number of aliphatic hydroxyl groups excluding tert-OH is 1. The Labute approximate surface area is 338 Å². The van der Waals surface area contributed by atoms with E-state index < -0.39 is 36.7 Å². The second-order valence-corrected chi connectivity index (χ2v) is 21.1. The van der Waals surface area contributed by atoms with Crippen LogP contribution in [0.3, 0.4) is 0 Å². The van der Waals surface area contributed by atoms with Gasteiger partial charge in [0.2, 0.25) is 11.8 Å². The van der Waals surface area contributed by atoms with E-state index in [1.807, 2.05) is 79.7 Å². The van der Waals surface area contributed by atoms with Crippen LogP contribution in [0.2, 0.25) is 18.6 Å². The highest BCUT2D eigenvalue weighted by Gasteiger charge is 2.67. The van der Waals surface area contributed by atoms with Crippen LogP contribution in [0.5, 0.6) is 5.75 Å². The van der Waals surface area contributed by atoms with Gasteiger partial charge in [-0.05, 0) is 59.0 Å². The summed E-state index contributed by atoms with van der Waals surface area (Å²) >= 11 is 0. The number of piperazine rings is 1. The molecule has 58 heavy (non-hydrogen) atoms. The molecule has 0 aliphatic carbocycles. The number of anilines is 2. The van der Waals surface area contributed by atoms with Gasteiger partial charge in [-0.1, -0.05) is 73.7 Å². The number of benzene rings is 4. The molecule has 4 aromatic rings. The lowest BCUT2D eigenvalue weighted by Crippen LogP contribution is -2.52. The number of nitro groups is 1. The molecule has 2 saturated heterocycles. The van der Waals surface area contributed by atoms with Crippen molar-refractivity contribution in [3.63, 3.8) is 0 Å². The van der Waals surface area contributed by atoms with Gasteiger partial charge in [0.15, 0.2) is 5.60 Å². The lowest BCUT2D eigenvalue weighted by atomic mass is 9.82. The van der Waals surface area contributed by atoms with Gasteiger partial charge in [-0.2, -0.15) is 0 Å². The number of hydrogen-bond acceptors (Lipinski definition) is 9. The van der Waals surface area contributed by atoms with Crippen molar-refractivity contribution in [1.29, 1.82) is 0 Å². The first kappa shape index (κ1) is 39.4. The zero-order valence-corrected chi connectivity index (χ0v) is 34.2. The molecule has 0 unspecified atom stereocenters. The van der Waals surface area contributed by atoms with Crippen molar-refractivity contribution in [3.8, 4) is 5.75 Å². The summed E-state index contributed by atoms with van der Waals surface area (Å²) in [6, 6.07) is 27.5. The first-order valence-corrected chi connectivity index (χ1v) is 23.0. The van der Waals surface area contributed by atoms with Gasteiger partial charge in [0.1, 0.15) is 5.75 Å². The number of fused-ring (bicyclic) bond motifs is 3. The largest absolute Gasteiger partial charge is 0.497 e. The maximum atomic E-state index is 15.4. The smallest absolute Gasteiger partial charge is 0.269 e. The summed E-state index contributed by atoms with van der Waals surface area (Å²) in [5.74, 6) is -0.374. The van der Waals surface area contributed by atoms with Crippen LogP contribution in [0.15, 0.2) is 91.0 Å². The average Bonchev–Trinajstić information content (AvgIpc) is 3.65. The molecule has 8 rings (SSSR count). The predicted octanol–water partition coefficient (Wildman–Crippen LogP) is 4.64. The highest BCUT2D eigenvalue weighted by atomic mass is 28.3. The van der Waals surface area contributed by atoms with Gasteiger partial charge in [0.05, 0.1) is 64.1 Å². The van der Waals surface area contributed by atoms with Crippen LogP contribution >= 0.6 is 0 Å². The van der Waals surface area contributed by atoms with E-state index >= 15 is 4.79 Å². The molecule has 2 fully saturated rings. The summed E-state index contributed by atoms with van der Waals surface area (Å²) < 4.78 is 12.7. The number of nitrogens with one attached hydrogen (secondary N) is 1. The van der Waals surface area contributed by atoms with E-state index in [0.717, 1.165) is 27.6 Å². The number of amides is 3. The van der Waals surface area contributed by atoms with E-state index in [-0.39, 0.29) is 55.1 Å². The monoisotopic (exact) mass is 803 g/mol. The number of nitro benzene ring substituents is 1. The molecule has 4 aromatic carbocycles. The summed E-state index contributed by atoms with van der Waals surface area (Å²) in [7, 11) is -1.05. The van der Waals surface area contributed by atoms with Crippen LogP contribution in [0.1, 0.15) is 35.6 Å². The van der Waals surface area contributed by atoms with Crippen molar-refractivity contribution in [3.05, 3.63) is 123 Å². The highest BCUT2D eigenvalue weighted by Crippen LogP contribution is 2.60. The van der Waals surface area contributed by atoms with Crippen molar-refractivity contribution in [2.75, 3.05) is 43.2 Å². The van der Waals surface area contributed by atoms with Crippen LogP contribution in [0.4, 0.5) is 17.1 Å².